The fraction of sp³-hybridized carbons (Fsp3) is 0.353. The Morgan fingerprint density at radius 2 is 2.13 bits per heavy atom. The molecule has 0 aliphatic heterocycles. The Kier molecular flexibility index (Phi) is 4.43. The fourth-order valence-electron chi connectivity index (χ4n) is 3.19. The van der Waals surface area contributed by atoms with Crippen LogP contribution in [-0.4, -0.2) is 32.6 Å². The molecule has 3 N–H and O–H groups in total. The van der Waals surface area contributed by atoms with Gasteiger partial charge in [0.1, 0.15) is 0 Å². The topological polar surface area (TPSA) is 69.0 Å². The standard InChI is InChI=1S/C17H21ClN4O/c1-11-7-17(22(20-11)5-6-23)14(9-19)15-10-21(2)16-8-12(18)3-4-13(15)16/h3-4,7-8,10,14,23H,5-6,9,19H2,1-2H3. The van der Waals surface area contributed by atoms with E-state index < -0.39 is 0 Å². The molecule has 6 heteroatoms. The third-order valence-electron chi connectivity index (χ3n) is 4.20. The molecular weight excluding hydrogens is 312 g/mol. The number of aromatic nitrogens is 3. The summed E-state index contributed by atoms with van der Waals surface area (Å²) in [5.41, 5.74) is 10.3. The maximum absolute atomic E-state index is 9.27. The Balaban J connectivity index is 2.15. The van der Waals surface area contributed by atoms with Crippen molar-refractivity contribution in [1.29, 1.82) is 0 Å². The van der Waals surface area contributed by atoms with Crippen LogP contribution in [0.3, 0.4) is 0 Å². The Morgan fingerprint density at radius 1 is 1.35 bits per heavy atom. The Labute approximate surface area is 140 Å². The summed E-state index contributed by atoms with van der Waals surface area (Å²) >= 11 is 6.12. The monoisotopic (exact) mass is 332 g/mol. The van der Waals surface area contributed by atoms with Crippen LogP contribution < -0.4 is 5.73 Å². The van der Waals surface area contributed by atoms with E-state index in [0.29, 0.717) is 13.1 Å². The van der Waals surface area contributed by atoms with Gasteiger partial charge in [0.25, 0.3) is 0 Å². The van der Waals surface area contributed by atoms with Crippen LogP contribution in [0.15, 0.2) is 30.5 Å². The molecule has 0 aliphatic carbocycles. The molecule has 5 nitrogen and oxygen atoms in total. The van der Waals surface area contributed by atoms with Crippen molar-refractivity contribution in [3.05, 3.63) is 52.4 Å². The number of hydrogen-bond acceptors (Lipinski definition) is 3. The second-order valence-corrected chi connectivity index (χ2v) is 6.24. The molecule has 122 valence electrons. The molecule has 2 aromatic heterocycles. The summed E-state index contributed by atoms with van der Waals surface area (Å²) in [4.78, 5) is 0. The smallest absolute Gasteiger partial charge is 0.0644 e. The lowest BCUT2D eigenvalue weighted by atomic mass is 9.95. The molecule has 2 heterocycles. The molecule has 3 aromatic rings. The highest BCUT2D eigenvalue weighted by Gasteiger charge is 2.22. The zero-order valence-electron chi connectivity index (χ0n) is 13.3. The lowest BCUT2D eigenvalue weighted by Crippen LogP contribution is -2.19. The van der Waals surface area contributed by atoms with E-state index in [9.17, 15) is 5.11 Å². The molecule has 1 unspecified atom stereocenters. The van der Waals surface area contributed by atoms with Gasteiger partial charge in [0.15, 0.2) is 0 Å². The number of aliphatic hydroxyl groups is 1. The number of aliphatic hydroxyl groups excluding tert-OH is 1. The summed E-state index contributed by atoms with van der Waals surface area (Å²) in [6.45, 7) is 2.94. The van der Waals surface area contributed by atoms with Crippen LogP contribution >= 0.6 is 11.6 Å². The van der Waals surface area contributed by atoms with Crippen LogP contribution in [0.4, 0.5) is 0 Å². The summed E-state index contributed by atoms with van der Waals surface area (Å²) in [5.74, 6) is 0.0209. The van der Waals surface area contributed by atoms with Gasteiger partial charge in [-0.05, 0) is 30.7 Å². The number of benzene rings is 1. The summed E-state index contributed by atoms with van der Waals surface area (Å²) in [6, 6.07) is 7.94. The maximum atomic E-state index is 9.27. The second kappa shape index (κ2) is 6.35. The molecule has 0 saturated heterocycles. The Hall–Kier alpha value is -1.82. The van der Waals surface area contributed by atoms with E-state index in [1.807, 2.05) is 42.9 Å². The van der Waals surface area contributed by atoms with E-state index in [2.05, 4.69) is 15.9 Å². The molecule has 0 fully saturated rings. The molecule has 1 aromatic carbocycles. The minimum absolute atomic E-state index is 0.0209. The predicted molar refractivity (Wildman–Crippen MR) is 92.9 cm³/mol. The van der Waals surface area contributed by atoms with Crippen molar-refractivity contribution < 1.29 is 5.11 Å². The van der Waals surface area contributed by atoms with E-state index in [1.54, 1.807) is 0 Å². The van der Waals surface area contributed by atoms with Crippen molar-refractivity contribution in [3.8, 4) is 0 Å². The molecule has 3 rings (SSSR count). The van der Waals surface area contributed by atoms with E-state index in [0.717, 1.165) is 32.9 Å². The van der Waals surface area contributed by atoms with Crippen molar-refractivity contribution in [2.45, 2.75) is 19.4 Å². The summed E-state index contributed by atoms with van der Waals surface area (Å²) < 4.78 is 3.92. The van der Waals surface area contributed by atoms with Gasteiger partial charge in [-0.2, -0.15) is 5.10 Å². The molecule has 1 atom stereocenters. The lowest BCUT2D eigenvalue weighted by Gasteiger charge is -2.16. The first-order valence-electron chi connectivity index (χ1n) is 7.65. The molecule has 0 spiro atoms. The zero-order valence-corrected chi connectivity index (χ0v) is 14.1. The molecule has 0 radical (unpaired) electrons. The second-order valence-electron chi connectivity index (χ2n) is 5.80. The summed E-state index contributed by atoms with van der Waals surface area (Å²) in [6.07, 6.45) is 2.10. The van der Waals surface area contributed by atoms with Gasteiger partial charge in [0.2, 0.25) is 0 Å². The number of halogens is 1. The largest absolute Gasteiger partial charge is 0.394 e. The van der Waals surface area contributed by atoms with Gasteiger partial charge < -0.3 is 15.4 Å². The fourth-order valence-corrected chi connectivity index (χ4v) is 3.36. The third-order valence-corrected chi connectivity index (χ3v) is 4.43. The van der Waals surface area contributed by atoms with Crippen molar-refractivity contribution in [2.75, 3.05) is 13.2 Å². The van der Waals surface area contributed by atoms with Crippen molar-refractivity contribution in [3.63, 3.8) is 0 Å². The number of nitrogens with zero attached hydrogens (tertiary/aromatic N) is 3. The molecule has 23 heavy (non-hydrogen) atoms. The van der Waals surface area contributed by atoms with Crippen LogP contribution in [0.25, 0.3) is 10.9 Å². The summed E-state index contributed by atoms with van der Waals surface area (Å²) in [5, 5.41) is 15.6. The molecule has 0 saturated carbocycles. The lowest BCUT2D eigenvalue weighted by molar-refractivity contribution is 0.266. The zero-order chi connectivity index (χ0) is 16.6. The molecular formula is C17H21ClN4O. The van der Waals surface area contributed by atoms with Gasteiger partial charge in [-0.1, -0.05) is 17.7 Å². The Morgan fingerprint density at radius 3 is 2.83 bits per heavy atom. The van der Waals surface area contributed by atoms with Crippen molar-refractivity contribution in [1.82, 2.24) is 14.3 Å². The minimum Gasteiger partial charge on any atom is -0.394 e. The number of hydrogen-bond donors (Lipinski definition) is 2. The van der Waals surface area contributed by atoms with Gasteiger partial charge in [-0.25, -0.2) is 0 Å². The van der Waals surface area contributed by atoms with E-state index >= 15 is 0 Å². The maximum Gasteiger partial charge on any atom is 0.0644 e. The Bertz CT molecular complexity index is 837. The van der Waals surface area contributed by atoms with Gasteiger partial charge in [-0.15, -0.1) is 0 Å². The quantitative estimate of drug-likeness (QED) is 0.754. The van der Waals surface area contributed by atoms with Crippen LogP contribution in [0.2, 0.25) is 5.02 Å². The van der Waals surface area contributed by atoms with Crippen LogP contribution in [0.5, 0.6) is 0 Å². The van der Waals surface area contributed by atoms with Crippen molar-refractivity contribution >= 4 is 22.5 Å². The van der Waals surface area contributed by atoms with E-state index in [-0.39, 0.29) is 12.5 Å². The van der Waals surface area contributed by atoms with Crippen LogP contribution in [-0.2, 0) is 13.6 Å². The average Bonchev–Trinajstić information content (AvgIpc) is 3.02. The minimum atomic E-state index is 0.0209. The van der Waals surface area contributed by atoms with Gasteiger partial charge in [0.05, 0.1) is 18.8 Å². The predicted octanol–water partition coefficient (Wildman–Crippen LogP) is 2.42. The number of rotatable bonds is 5. The molecule has 0 aliphatic rings. The first kappa shape index (κ1) is 16.1. The average molecular weight is 333 g/mol. The first-order valence-corrected chi connectivity index (χ1v) is 8.02. The SMILES string of the molecule is Cc1cc(C(CN)c2cn(C)c3cc(Cl)ccc23)n(CCO)n1. The number of fused-ring (bicyclic) bond motifs is 1. The molecule has 0 amide bonds. The first-order chi connectivity index (χ1) is 11.0. The highest BCUT2D eigenvalue weighted by Crippen LogP contribution is 2.33. The van der Waals surface area contributed by atoms with Crippen molar-refractivity contribution in [2.24, 2.45) is 12.8 Å². The highest BCUT2D eigenvalue weighted by atomic mass is 35.5. The van der Waals surface area contributed by atoms with Crippen LogP contribution in [0, 0.1) is 6.92 Å². The van der Waals surface area contributed by atoms with E-state index in [4.69, 9.17) is 17.3 Å². The number of aryl methyl sites for hydroxylation is 2. The van der Waals surface area contributed by atoms with Gasteiger partial charge in [-0.3, -0.25) is 4.68 Å². The molecule has 0 bridgehead atoms. The van der Waals surface area contributed by atoms with Crippen LogP contribution in [0.1, 0.15) is 22.9 Å². The van der Waals surface area contributed by atoms with E-state index in [1.165, 1.54) is 0 Å². The number of nitrogens with two attached hydrogens (primary N) is 1. The normalized spacial score (nSPS) is 12.9. The van der Waals surface area contributed by atoms with Gasteiger partial charge >= 0.3 is 0 Å². The third kappa shape index (κ3) is 2.87. The summed E-state index contributed by atoms with van der Waals surface area (Å²) in [7, 11) is 2.01. The van der Waals surface area contributed by atoms with Gasteiger partial charge in [0, 0.05) is 47.3 Å². The highest BCUT2D eigenvalue weighted by molar-refractivity contribution is 6.31.